The fourth-order valence-corrected chi connectivity index (χ4v) is 4.17. The minimum Gasteiger partial charge on any atom is -0.483 e. The summed E-state index contributed by atoms with van der Waals surface area (Å²) in [6.07, 6.45) is 0.789. The first-order chi connectivity index (χ1) is 16.8. The molecule has 186 valence electrons. The standard InChI is InChI=1S/C26H33N5O3S/c1-18(2)21-11-10-19(3)14-22(21)34-16-24(32)28-15-23-29-30-26(31(23)4)35-17-25(33)27-13-12-20-8-6-5-7-9-20/h5-11,14,18H,12-13,15-17H2,1-4H3,(H,27,33)(H,28,32). The average Bonchev–Trinajstić information content (AvgIpc) is 3.19. The minimum atomic E-state index is -0.240. The Balaban J connectivity index is 1.41. The largest absolute Gasteiger partial charge is 0.483 e. The zero-order valence-corrected chi connectivity index (χ0v) is 21.5. The molecule has 0 saturated heterocycles. The molecule has 2 N–H and O–H groups in total. The number of benzene rings is 2. The summed E-state index contributed by atoms with van der Waals surface area (Å²) >= 11 is 1.31. The number of amides is 2. The van der Waals surface area contributed by atoms with Gasteiger partial charge in [0.25, 0.3) is 5.91 Å². The lowest BCUT2D eigenvalue weighted by Gasteiger charge is -2.14. The normalized spacial score (nSPS) is 10.9. The molecule has 0 aliphatic rings. The monoisotopic (exact) mass is 495 g/mol. The molecular formula is C26H33N5O3S. The maximum Gasteiger partial charge on any atom is 0.258 e. The zero-order chi connectivity index (χ0) is 25.2. The highest BCUT2D eigenvalue weighted by molar-refractivity contribution is 7.99. The van der Waals surface area contributed by atoms with E-state index < -0.39 is 0 Å². The van der Waals surface area contributed by atoms with Gasteiger partial charge in [-0.2, -0.15) is 0 Å². The molecule has 2 aromatic carbocycles. The van der Waals surface area contributed by atoms with E-state index in [1.807, 2.05) is 62.5 Å². The van der Waals surface area contributed by atoms with Gasteiger partial charge >= 0.3 is 0 Å². The van der Waals surface area contributed by atoms with Crippen molar-refractivity contribution in [3.8, 4) is 5.75 Å². The molecule has 8 nitrogen and oxygen atoms in total. The molecular weight excluding hydrogens is 462 g/mol. The summed E-state index contributed by atoms with van der Waals surface area (Å²) in [4.78, 5) is 24.5. The maximum absolute atomic E-state index is 12.3. The summed E-state index contributed by atoms with van der Waals surface area (Å²) in [6, 6.07) is 16.1. The van der Waals surface area contributed by atoms with Crippen LogP contribution in [0.4, 0.5) is 0 Å². The van der Waals surface area contributed by atoms with Crippen LogP contribution in [0.15, 0.2) is 53.7 Å². The number of aryl methyl sites for hydroxylation is 1. The van der Waals surface area contributed by atoms with Crippen LogP contribution in [-0.2, 0) is 29.6 Å². The number of carbonyl (C=O) groups is 2. The van der Waals surface area contributed by atoms with E-state index in [0.717, 1.165) is 23.3 Å². The van der Waals surface area contributed by atoms with Gasteiger partial charge in [-0.25, -0.2) is 0 Å². The number of nitrogens with one attached hydrogen (secondary N) is 2. The fraction of sp³-hybridized carbons (Fsp3) is 0.385. The molecule has 0 aliphatic carbocycles. The zero-order valence-electron chi connectivity index (χ0n) is 20.7. The maximum atomic E-state index is 12.3. The van der Waals surface area contributed by atoms with E-state index in [-0.39, 0.29) is 30.7 Å². The van der Waals surface area contributed by atoms with E-state index in [1.165, 1.54) is 17.3 Å². The van der Waals surface area contributed by atoms with Crippen LogP contribution < -0.4 is 15.4 Å². The number of thioether (sulfide) groups is 1. The molecule has 0 spiro atoms. The van der Waals surface area contributed by atoms with E-state index in [1.54, 1.807) is 4.57 Å². The summed E-state index contributed by atoms with van der Waals surface area (Å²) in [6.45, 7) is 6.91. The molecule has 0 atom stereocenters. The average molecular weight is 496 g/mol. The molecule has 0 unspecified atom stereocenters. The quantitative estimate of drug-likeness (QED) is 0.374. The molecule has 0 radical (unpaired) electrons. The summed E-state index contributed by atoms with van der Waals surface area (Å²) in [5.74, 6) is 1.58. The third-order valence-corrected chi connectivity index (χ3v) is 6.45. The van der Waals surface area contributed by atoms with E-state index in [2.05, 4.69) is 34.7 Å². The Labute approximate surface area is 210 Å². The Bertz CT molecular complexity index is 1130. The molecule has 1 aromatic heterocycles. The van der Waals surface area contributed by atoms with Gasteiger partial charge in [0.2, 0.25) is 5.91 Å². The molecule has 35 heavy (non-hydrogen) atoms. The van der Waals surface area contributed by atoms with Crippen LogP contribution in [0.3, 0.4) is 0 Å². The van der Waals surface area contributed by atoms with Crippen molar-refractivity contribution in [2.75, 3.05) is 18.9 Å². The molecule has 3 aromatic rings. The number of nitrogens with zero attached hydrogens (tertiary/aromatic N) is 3. The molecule has 0 saturated carbocycles. The smallest absolute Gasteiger partial charge is 0.258 e. The molecule has 0 aliphatic heterocycles. The fourth-order valence-electron chi connectivity index (χ4n) is 3.41. The van der Waals surface area contributed by atoms with Gasteiger partial charge in [-0.1, -0.05) is 68.1 Å². The molecule has 0 fully saturated rings. The Morgan fingerprint density at radius 1 is 1.06 bits per heavy atom. The minimum absolute atomic E-state index is 0.0575. The van der Waals surface area contributed by atoms with Gasteiger partial charge in [0.1, 0.15) is 5.75 Å². The van der Waals surface area contributed by atoms with Gasteiger partial charge in [-0.3, -0.25) is 9.59 Å². The second-order valence-corrected chi connectivity index (χ2v) is 9.54. The molecule has 3 rings (SSSR count). The van der Waals surface area contributed by atoms with Gasteiger partial charge in [-0.15, -0.1) is 10.2 Å². The first-order valence-corrected chi connectivity index (χ1v) is 12.6. The molecule has 9 heteroatoms. The van der Waals surface area contributed by atoms with Crippen LogP contribution in [0, 0.1) is 6.92 Å². The number of hydrogen-bond acceptors (Lipinski definition) is 6. The third-order valence-electron chi connectivity index (χ3n) is 5.43. The molecule has 2 amide bonds. The SMILES string of the molecule is Cc1ccc(C(C)C)c(OCC(=O)NCc2nnc(SCC(=O)NCCc3ccccc3)n2C)c1. The van der Waals surface area contributed by atoms with E-state index >= 15 is 0 Å². The van der Waals surface area contributed by atoms with Crippen LogP contribution >= 0.6 is 11.8 Å². The number of rotatable bonds is 12. The van der Waals surface area contributed by atoms with Gasteiger partial charge < -0.3 is 19.9 Å². The summed E-state index contributed by atoms with van der Waals surface area (Å²) < 4.78 is 7.57. The Hall–Kier alpha value is -3.33. The summed E-state index contributed by atoms with van der Waals surface area (Å²) in [5.41, 5.74) is 3.34. The lowest BCUT2D eigenvalue weighted by atomic mass is 10.0. The highest BCUT2D eigenvalue weighted by atomic mass is 32.2. The number of aromatic nitrogens is 3. The van der Waals surface area contributed by atoms with Crippen LogP contribution in [0.1, 0.15) is 42.3 Å². The number of ether oxygens (including phenoxy) is 1. The predicted molar refractivity (Wildman–Crippen MR) is 137 cm³/mol. The predicted octanol–water partition coefficient (Wildman–Crippen LogP) is 3.39. The number of carbonyl (C=O) groups excluding carboxylic acids is 2. The lowest BCUT2D eigenvalue weighted by molar-refractivity contribution is -0.123. The topological polar surface area (TPSA) is 98.1 Å². The Morgan fingerprint density at radius 3 is 2.57 bits per heavy atom. The first-order valence-electron chi connectivity index (χ1n) is 11.6. The second-order valence-electron chi connectivity index (χ2n) is 8.59. The summed E-state index contributed by atoms with van der Waals surface area (Å²) in [5, 5.41) is 14.6. The Morgan fingerprint density at radius 2 is 1.83 bits per heavy atom. The van der Waals surface area contributed by atoms with Crippen molar-refractivity contribution in [2.24, 2.45) is 7.05 Å². The highest BCUT2D eigenvalue weighted by Gasteiger charge is 2.14. The Kier molecular flexibility index (Phi) is 9.72. The molecule has 1 heterocycles. The van der Waals surface area contributed by atoms with Crippen LogP contribution in [0.25, 0.3) is 0 Å². The van der Waals surface area contributed by atoms with E-state index in [0.29, 0.717) is 23.4 Å². The lowest BCUT2D eigenvalue weighted by Crippen LogP contribution is -2.29. The molecule has 0 bridgehead atoms. The van der Waals surface area contributed by atoms with Crippen molar-refractivity contribution in [3.05, 3.63) is 71.0 Å². The van der Waals surface area contributed by atoms with Crippen LogP contribution in [-0.4, -0.2) is 45.5 Å². The van der Waals surface area contributed by atoms with E-state index in [4.69, 9.17) is 4.74 Å². The third kappa shape index (κ3) is 8.13. The van der Waals surface area contributed by atoms with Gasteiger partial charge in [-0.05, 0) is 42.0 Å². The van der Waals surface area contributed by atoms with Crippen molar-refractivity contribution in [1.82, 2.24) is 25.4 Å². The van der Waals surface area contributed by atoms with Crippen molar-refractivity contribution >= 4 is 23.6 Å². The van der Waals surface area contributed by atoms with Crippen LogP contribution in [0.5, 0.6) is 5.75 Å². The van der Waals surface area contributed by atoms with E-state index in [9.17, 15) is 9.59 Å². The van der Waals surface area contributed by atoms with Crippen molar-refractivity contribution in [2.45, 2.75) is 44.8 Å². The van der Waals surface area contributed by atoms with Gasteiger partial charge in [0.15, 0.2) is 17.6 Å². The van der Waals surface area contributed by atoms with Crippen molar-refractivity contribution in [1.29, 1.82) is 0 Å². The van der Waals surface area contributed by atoms with Crippen molar-refractivity contribution < 1.29 is 14.3 Å². The van der Waals surface area contributed by atoms with Gasteiger partial charge in [0.05, 0.1) is 12.3 Å². The summed E-state index contributed by atoms with van der Waals surface area (Å²) in [7, 11) is 1.81. The number of hydrogen-bond donors (Lipinski definition) is 2. The van der Waals surface area contributed by atoms with Crippen molar-refractivity contribution in [3.63, 3.8) is 0 Å². The van der Waals surface area contributed by atoms with Crippen LogP contribution in [0.2, 0.25) is 0 Å². The first kappa shape index (κ1) is 26.3. The highest BCUT2D eigenvalue weighted by Crippen LogP contribution is 2.27. The second kappa shape index (κ2) is 12.9. The van der Waals surface area contributed by atoms with Gasteiger partial charge in [0, 0.05) is 13.6 Å².